The highest BCUT2D eigenvalue weighted by molar-refractivity contribution is 5.98. The minimum Gasteiger partial charge on any atom is -0.352 e. The van der Waals surface area contributed by atoms with E-state index in [1.807, 2.05) is 6.92 Å². The van der Waals surface area contributed by atoms with E-state index in [0.717, 1.165) is 17.3 Å². The Hall–Kier alpha value is -3.64. The lowest BCUT2D eigenvalue weighted by Gasteiger charge is -2.40. The molecule has 0 aliphatic carbocycles. The van der Waals surface area contributed by atoms with Crippen LogP contribution in [0.2, 0.25) is 0 Å². The quantitative estimate of drug-likeness (QED) is 0.559. The average molecular weight is 481 g/mol. The van der Waals surface area contributed by atoms with Crippen molar-refractivity contribution in [3.63, 3.8) is 0 Å². The van der Waals surface area contributed by atoms with Crippen LogP contribution in [-0.4, -0.2) is 54.9 Å². The number of carbonyl (C=O) groups excluding carboxylic acids is 1. The molecular weight excluding hydrogens is 461 g/mol. The van der Waals surface area contributed by atoms with E-state index in [1.165, 1.54) is 17.3 Å². The van der Waals surface area contributed by atoms with Crippen LogP contribution in [0.15, 0.2) is 36.9 Å². The van der Waals surface area contributed by atoms with Crippen LogP contribution in [0.3, 0.4) is 0 Å². The number of amides is 1. The molecule has 1 N–H and O–H groups in total. The molecule has 8 nitrogen and oxygen atoms in total. The second-order valence-electron chi connectivity index (χ2n) is 7.96. The maximum atomic E-state index is 14.8. The van der Waals surface area contributed by atoms with Gasteiger partial charge in [-0.05, 0) is 18.8 Å². The standard InChI is InChI=1S/C21H20F5N7O/c1-12-3-2-6-32(17(12)11-29-20-27-9-13(10-28-20)21(24,25)26)19(34)18-15(23)7-14(22)8-16(18)33-30-4-5-31-33/h4-5,7-10,12,17H,2-3,6,11H2,1H3,(H,27,28,29)/t12-,17?/m1/s1. The van der Waals surface area contributed by atoms with E-state index >= 15 is 0 Å². The maximum absolute atomic E-state index is 14.8. The molecule has 1 amide bonds. The number of halogens is 5. The summed E-state index contributed by atoms with van der Waals surface area (Å²) in [6.45, 7) is 2.35. The molecule has 4 rings (SSSR count). The Morgan fingerprint density at radius 1 is 1.15 bits per heavy atom. The molecule has 3 aromatic rings. The first-order chi connectivity index (χ1) is 16.1. The number of nitrogens with zero attached hydrogens (tertiary/aromatic N) is 6. The van der Waals surface area contributed by atoms with Crippen molar-refractivity contribution in [1.82, 2.24) is 29.9 Å². The van der Waals surface area contributed by atoms with Crippen molar-refractivity contribution in [2.75, 3.05) is 18.4 Å². The summed E-state index contributed by atoms with van der Waals surface area (Å²) in [5.74, 6) is -2.65. The van der Waals surface area contributed by atoms with Crippen LogP contribution in [-0.2, 0) is 6.18 Å². The monoisotopic (exact) mass is 481 g/mol. The molecular formula is C21H20F5N7O. The number of likely N-dealkylation sites (tertiary alicyclic amines) is 1. The first kappa shape index (κ1) is 23.5. The molecule has 1 saturated heterocycles. The summed E-state index contributed by atoms with van der Waals surface area (Å²) >= 11 is 0. The number of aromatic nitrogens is 5. The third-order valence-corrected chi connectivity index (χ3v) is 5.71. The molecule has 1 aromatic carbocycles. The fraction of sp³-hybridized carbons (Fsp3) is 0.381. The molecule has 2 atom stereocenters. The van der Waals surface area contributed by atoms with E-state index in [2.05, 4.69) is 25.5 Å². The van der Waals surface area contributed by atoms with Crippen LogP contribution in [0.25, 0.3) is 5.69 Å². The summed E-state index contributed by atoms with van der Waals surface area (Å²) in [5.41, 5.74) is -1.49. The summed E-state index contributed by atoms with van der Waals surface area (Å²) in [4.78, 5) is 23.3. The molecule has 180 valence electrons. The predicted molar refractivity (Wildman–Crippen MR) is 110 cm³/mol. The Kier molecular flexibility index (Phi) is 6.44. The van der Waals surface area contributed by atoms with Gasteiger partial charge in [-0.15, -0.1) is 0 Å². The number of alkyl halides is 3. The molecule has 2 aromatic heterocycles. The number of rotatable bonds is 5. The van der Waals surface area contributed by atoms with Gasteiger partial charge in [0, 0.05) is 37.6 Å². The number of nitrogens with one attached hydrogen (secondary N) is 1. The van der Waals surface area contributed by atoms with Crippen molar-refractivity contribution < 1.29 is 26.7 Å². The number of benzene rings is 1. The minimum absolute atomic E-state index is 0.0190. The summed E-state index contributed by atoms with van der Waals surface area (Å²) < 4.78 is 67.0. The van der Waals surface area contributed by atoms with Crippen LogP contribution in [0, 0.1) is 17.6 Å². The van der Waals surface area contributed by atoms with Crippen molar-refractivity contribution in [2.24, 2.45) is 5.92 Å². The molecule has 1 fully saturated rings. The van der Waals surface area contributed by atoms with Crippen LogP contribution < -0.4 is 5.32 Å². The van der Waals surface area contributed by atoms with Gasteiger partial charge in [-0.2, -0.15) is 28.2 Å². The number of anilines is 1. The fourth-order valence-corrected chi connectivity index (χ4v) is 3.99. The van der Waals surface area contributed by atoms with Crippen molar-refractivity contribution in [1.29, 1.82) is 0 Å². The smallest absolute Gasteiger partial charge is 0.352 e. The van der Waals surface area contributed by atoms with E-state index in [-0.39, 0.29) is 29.7 Å². The van der Waals surface area contributed by atoms with Gasteiger partial charge in [0.25, 0.3) is 5.91 Å². The fourth-order valence-electron chi connectivity index (χ4n) is 3.99. The minimum atomic E-state index is -4.56. The number of hydrogen-bond donors (Lipinski definition) is 1. The van der Waals surface area contributed by atoms with Gasteiger partial charge in [0.05, 0.1) is 24.0 Å². The summed E-state index contributed by atoms with van der Waals surface area (Å²) in [6.07, 6.45) is 0.856. The Bertz CT molecular complexity index is 1150. The Labute approximate surface area is 190 Å². The Morgan fingerprint density at radius 2 is 1.82 bits per heavy atom. The highest BCUT2D eigenvalue weighted by Crippen LogP contribution is 2.30. The van der Waals surface area contributed by atoms with Crippen molar-refractivity contribution >= 4 is 11.9 Å². The molecule has 34 heavy (non-hydrogen) atoms. The molecule has 1 aliphatic heterocycles. The van der Waals surface area contributed by atoms with E-state index in [1.54, 1.807) is 0 Å². The second kappa shape index (κ2) is 9.31. The summed E-state index contributed by atoms with van der Waals surface area (Å²) in [6, 6.07) is 1.15. The maximum Gasteiger partial charge on any atom is 0.419 e. The molecule has 1 unspecified atom stereocenters. The normalized spacial score (nSPS) is 18.7. The number of piperidine rings is 1. The zero-order valence-corrected chi connectivity index (χ0v) is 17.9. The topological polar surface area (TPSA) is 88.8 Å². The lowest BCUT2D eigenvalue weighted by molar-refractivity contribution is -0.138. The van der Waals surface area contributed by atoms with Gasteiger partial charge in [0.15, 0.2) is 0 Å². The lowest BCUT2D eigenvalue weighted by atomic mass is 9.90. The predicted octanol–water partition coefficient (Wildman–Crippen LogP) is 3.71. The molecule has 3 heterocycles. The first-order valence-corrected chi connectivity index (χ1v) is 10.4. The van der Waals surface area contributed by atoms with Gasteiger partial charge in [-0.25, -0.2) is 18.7 Å². The van der Waals surface area contributed by atoms with Crippen LogP contribution in [0.5, 0.6) is 0 Å². The van der Waals surface area contributed by atoms with Gasteiger partial charge >= 0.3 is 6.18 Å². The van der Waals surface area contributed by atoms with Crippen molar-refractivity contribution in [3.8, 4) is 5.69 Å². The average Bonchev–Trinajstić information content (AvgIpc) is 3.32. The van der Waals surface area contributed by atoms with Crippen molar-refractivity contribution in [3.05, 3.63) is 59.7 Å². The van der Waals surface area contributed by atoms with Crippen LogP contribution >= 0.6 is 0 Å². The van der Waals surface area contributed by atoms with Crippen LogP contribution in [0.4, 0.5) is 27.9 Å². The number of hydrogen-bond acceptors (Lipinski definition) is 6. The van der Waals surface area contributed by atoms with Gasteiger partial charge in [-0.3, -0.25) is 4.79 Å². The van der Waals surface area contributed by atoms with Crippen molar-refractivity contribution in [2.45, 2.75) is 32.0 Å². The summed E-state index contributed by atoms with van der Waals surface area (Å²) in [5, 5.41) is 10.6. The highest BCUT2D eigenvalue weighted by Gasteiger charge is 2.35. The SMILES string of the molecule is C[C@@H]1CCCN(C(=O)c2c(F)cc(F)cc2-n2nccn2)C1CNc1ncc(C(F)(F)F)cn1. The Morgan fingerprint density at radius 3 is 2.47 bits per heavy atom. The van der Waals surface area contributed by atoms with E-state index < -0.39 is 35.3 Å². The van der Waals surface area contributed by atoms with Crippen LogP contribution in [0.1, 0.15) is 35.7 Å². The largest absolute Gasteiger partial charge is 0.419 e. The van der Waals surface area contributed by atoms with E-state index in [9.17, 15) is 26.7 Å². The molecule has 0 bridgehead atoms. The zero-order chi connectivity index (χ0) is 24.5. The van der Waals surface area contributed by atoms with E-state index in [0.29, 0.717) is 31.4 Å². The third kappa shape index (κ3) is 4.82. The molecule has 0 radical (unpaired) electrons. The molecule has 0 saturated carbocycles. The molecule has 13 heteroatoms. The third-order valence-electron chi connectivity index (χ3n) is 5.71. The number of carbonyl (C=O) groups is 1. The second-order valence-corrected chi connectivity index (χ2v) is 7.96. The molecule has 1 aliphatic rings. The summed E-state index contributed by atoms with van der Waals surface area (Å²) in [7, 11) is 0. The lowest BCUT2D eigenvalue weighted by Crippen LogP contribution is -2.51. The van der Waals surface area contributed by atoms with Gasteiger partial charge < -0.3 is 10.2 Å². The Balaban J connectivity index is 1.59. The van der Waals surface area contributed by atoms with E-state index in [4.69, 9.17) is 0 Å². The molecule has 0 spiro atoms. The van der Waals surface area contributed by atoms with Gasteiger partial charge in [-0.1, -0.05) is 6.92 Å². The first-order valence-electron chi connectivity index (χ1n) is 10.4. The van der Waals surface area contributed by atoms with Gasteiger partial charge in [0.2, 0.25) is 5.95 Å². The zero-order valence-electron chi connectivity index (χ0n) is 17.9. The van der Waals surface area contributed by atoms with Gasteiger partial charge in [0.1, 0.15) is 22.9 Å². The highest BCUT2D eigenvalue weighted by atomic mass is 19.4.